The molecule has 2 bridgehead atoms. The summed E-state index contributed by atoms with van der Waals surface area (Å²) >= 11 is 3.75. The molecule has 7 aromatic rings. The smallest absolute Gasteiger partial charge is 0.0540 e. The van der Waals surface area contributed by atoms with Gasteiger partial charge in [-0.15, -0.1) is 0 Å². The molecule has 0 aromatic heterocycles. The van der Waals surface area contributed by atoms with Crippen LogP contribution in [0.4, 0.5) is 17.1 Å². The van der Waals surface area contributed by atoms with Crippen molar-refractivity contribution in [2.24, 2.45) is 0 Å². The molecule has 0 fully saturated rings. The molecule has 0 radical (unpaired) electrons. The van der Waals surface area contributed by atoms with Gasteiger partial charge in [-0.25, -0.2) is 0 Å². The van der Waals surface area contributed by atoms with E-state index in [1.807, 2.05) is 0 Å². The van der Waals surface area contributed by atoms with Crippen molar-refractivity contribution in [1.82, 2.24) is 0 Å². The van der Waals surface area contributed by atoms with Gasteiger partial charge in [0, 0.05) is 21.4 Å². The maximum Gasteiger partial charge on any atom is 0.0540 e. The highest BCUT2D eigenvalue weighted by Crippen LogP contribution is 2.49. The molecule has 0 unspecified atom stereocenters. The van der Waals surface area contributed by atoms with Crippen molar-refractivity contribution in [2.75, 3.05) is 4.90 Å². The molecule has 0 spiro atoms. The van der Waals surface area contributed by atoms with Crippen molar-refractivity contribution in [3.8, 4) is 44.5 Å². The highest BCUT2D eigenvalue weighted by molar-refractivity contribution is 9.10. The van der Waals surface area contributed by atoms with E-state index in [1.54, 1.807) is 0 Å². The Morgan fingerprint density at radius 1 is 0.373 bits per heavy atom. The second-order valence-electron chi connectivity index (χ2n) is 13.1. The molecular formula is C49H34BrN. The summed E-state index contributed by atoms with van der Waals surface area (Å²) in [4.78, 5) is 2.46. The molecule has 9 rings (SSSR count). The first-order valence-corrected chi connectivity index (χ1v) is 18.2. The minimum absolute atomic E-state index is 0.870. The number of anilines is 3. The summed E-state index contributed by atoms with van der Waals surface area (Å²) in [6.45, 7) is 0. The predicted molar refractivity (Wildman–Crippen MR) is 220 cm³/mol. The number of halogens is 1. The first-order valence-electron chi connectivity index (χ1n) is 17.4. The van der Waals surface area contributed by atoms with E-state index in [2.05, 4.69) is 215 Å². The lowest BCUT2D eigenvalue weighted by molar-refractivity contribution is 1.28. The Hall–Kier alpha value is -5.96. The third-order valence-corrected chi connectivity index (χ3v) is 10.4. The summed E-state index contributed by atoms with van der Waals surface area (Å²) in [5.41, 5.74) is 18.1. The summed E-state index contributed by atoms with van der Waals surface area (Å²) in [6.07, 6.45) is 9.78. The molecule has 2 heteroatoms. The van der Waals surface area contributed by atoms with E-state index in [-0.39, 0.29) is 0 Å². The molecule has 51 heavy (non-hydrogen) atoms. The fourth-order valence-electron chi connectivity index (χ4n) is 7.52. The van der Waals surface area contributed by atoms with Gasteiger partial charge in [0.15, 0.2) is 0 Å². The van der Waals surface area contributed by atoms with Crippen molar-refractivity contribution in [1.29, 1.82) is 0 Å². The quantitative estimate of drug-likeness (QED) is 0.166. The molecule has 1 nitrogen and oxygen atoms in total. The Balaban J connectivity index is 1.32. The maximum absolute atomic E-state index is 3.75. The van der Waals surface area contributed by atoms with Crippen LogP contribution in [-0.2, 0) is 0 Å². The Morgan fingerprint density at radius 2 is 0.902 bits per heavy atom. The van der Waals surface area contributed by atoms with Crippen molar-refractivity contribution in [3.05, 3.63) is 210 Å². The van der Waals surface area contributed by atoms with Gasteiger partial charge in [0.1, 0.15) is 0 Å². The first kappa shape index (κ1) is 31.1. The van der Waals surface area contributed by atoms with E-state index in [0.29, 0.717) is 0 Å². The van der Waals surface area contributed by atoms with Crippen LogP contribution in [0.3, 0.4) is 0 Å². The summed E-state index contributed by atoms with van der Waals surface area (Å²) in [7, 11) is 0. The molecule has 0 saturated carbocycles. The summed E-state index contributed by atoms with van der Waals surface area (Å²) in [5, 5.41) is 0. The first-order chi connectivity index (χ1) is 25.2. The average molecular weight is 717 g/mol. The van der Waals surface area contributed by atoms with Gasteiger partial charge in [0.05, 0.1) is 5.69 Å². The van der Waals surface area contributed by atoms with Crippen molar-refractivity contribution >= 4 is 44.1 Å². The van der Waals surface area contributed by atoms with Crippen LogP contribution in [-0.4, -0.2) is 0 Å². The van der Waals surface area contributed by atoms with Crippen LogP contribution in [0.25, 0.3) is 55.7 Å². The normalized spacial score (nSPS) is 12.9. The summed E-state index contributed by atoms with van der Waals surface area (Å²) in [5.74, 6) is 0. The van der Waals surface area contributed by atoms with Gasteiger partial charge in [0.2, 0.25) is 0 Å². The minimum Gasteiger partial charge on any atom is -0.310 e. The molecule has 7 aromatic carbocycles. The Kier molecular flexibility index (Phi) is 8.16. The molecule has 0 heterocycles. The molecule has 0 atom stereocenters. The molecule has 0 saturated heterocycles. The summed E-state index contributed by atoms with van der Waals surface area (Å²) in [6, 6.07) is 61.7. The lowest BCUT2D eigenvalue weighted by Gasteiger charge is -2.30. The fraction of sp³-hybridized carbons (Fsp3) is 0.0204. The average Bonchev–Trinajstić information content (AvgIpc) is 3.52. The molecule has 0 N–H and O–H groups in total. The Bertz CT molecular complexity index is 2430. The zero-order chi connectivity index (χ0) is 34.1. The van der Waals surface area contributed by atoms with Gasteiger partial charge >= 0.3 is 0 Å². The highest BCUT2D eigenvalue weighted by atomic mass is 79.9. The third kappa shape index (κ3) is 5.98. The number of fused-ring (bicyclic) bond motifs is 7. The lowest BCUT2D eigenvalue weighted by atomic mass is 9.93. The van der Waals surface area contributed by atoms with Crippen LogP contribution in [0.5, 0.6) is 0 Å². The Labute approximate surface area is 308 Å². The van der Waals surface area contributed by atoms with Gasteiger partial charge in [-0.2, -0.15) is 0 Å². The lowest BCUT2D eigenvalue weighted by Crippen LogP contribution is -2.12. The number of hydrogen-bond acceptors (Lipinski definition) is 1. The van der Waals surface area contributed by atoms with Gasteiger partial charge in [0.25, 0.3) is 0 Å². The minimum atomic E-state index is 0.870. The van der Waals surface area contributed by atoms with Gasteiger partial charge in [-0.3, -0.25) is 0 Å². The second-order valence-corrected chi connectivity index (χ2v) is 14.0. The maximum atomic E-state index is 3.75. The van der Waals surface area contributed by atoms with E-state index in [0.717, 1.165) is 28.0 Å². The number of para-hydroxylation sites is 1. The second kappa shape index (κ2) is 13.4. The van der Waals surface area contributed by atoms with Gasteiger partial charge in [-0.05, 0) is 116 Å². The fourth-order valence-corrected chi connectivity index (χ4v) is 7.88. The standard InChI is InChI=1S/C49H34BrN/c50-41-24-26-45-46-27-25-42(33-48(46)38-21-11-10-20-37(28-38)47(45)32-41)51(49-23-13-12-22-44(49)36-18-8-3-9-19-36)43-30-39(34-14-4-1-5-15-34)29-40(31-43)35-16-6-2-7-17-35/h1-27,29-33H,28H2. The topological polar surface area (TPSA) is 3.24 Å². The molecule has 0 aliphatic heterocycles. The van der Waals surface area contributed by atoms with Crippen LogP contribution in [0.15, 0.2) is 199 Å². The number of benzene rings is 7. The van der Waals surface area contributed by atoms with Crippen LogP contribution in [0.2, 0.25) is 0 Å². The van der Waals surface area contributed by atoms with Crippen molar-refractivity contribution < 1.29 is 0 Å². The van der Waals surface area contributed by atoms with Gasteiger partial charge in [-0.1, -0.05) is 162 Å². The van der Waals surface area contributed by atoms with Crippen LogP contribution >= 0.6 is 15.9 Å². The van der Waals surface area contributed by atoms with Crippen LogP contribution in [0, 0.1) is 0 Å². The molecule has 242 valence electrons. The van der Waals surface area contributed by atoms with E-state index >= 15 is 0 Å². The van der Waals surface area contributed by atoms with Crippen molar-refractivity contribution in [2.45, 2.75) is 6.42 Å². The third-order valence-electron chi connectivity index (χ3n) is 9.93. The highest BCUT2D eigenvalue weighted by Gasteiger charge is 2.25. The van der Waals surface area contributed by atoms with Crippen molar-refractivity contribution in [3.63, 3.8) is 0 Å². The van der Waals surface area contributed by atoms with E-state index in [9.17, 15) is 0 Å². The number of hydrogen-bond donors (Lipinski definition) is 0. The predicted octanol–water partition coefficient (Wildman–Crippen LogP) is 14.3. The van der Waals surface area contributed by atoms with E-state index < -0.39 is 0 Å². The molecule has 2 aliphatic rings. The summed E-state index contributed by atoms with van der Waals surface area (Å²) < 4.78 is 1.09. The van der Waals surface area contributed by atoms with Crippen LogP contribution in [0.1, 0.15) is 17.5 Å². The van der Waals surface area contributed by atoms with Gasteiger partial charge < -0.3 is 4.90 Å². The Morgan fingerprint density at radius 3 is 1.53 bits per heavy atom. The number of nitrogens with zero attached hydrogens (tertiary/aromatic N) is 1. The molecule has 2 aliphatic carbocycles. The zero-order valence-corrected chi connectivity index (χ0v) is 29.6. The number of allylic oxidation sites excluding steroid dienone is 6. The zero-order valence-electron chi connectivity index (χ0n) is 28.0. The van der Waals surface area contributed by atoms with E-state index in [4.69, 9.17) is 0 Å². The number of rotatable bonds is 6. The largest absolute Gasteiger partial charge is 0.310 e. The molecule has 0 amide bonds. The molecular weight excluding hydrogens is 682 g/mol. The van der Waals surface area contributed by atoms with Crippen LogP contribution < -0.4 is 4.90 Å². The van der Waals surface area contributed by atoms with E-state index in [1.165, 1.54) is 66.8 Å². The SMILES string of the molecule is Brc1ccc2c(c1)C1=CC=CC=C(C1)c1cc(N(c3cc(-c4ccccc4)cc(-c4ccccc4)c3)c3ccccc3-c3ccccc3)ccc1-2. The monoisotopic (exact) mass is 715 g/mol.